The van der Waals surface area contributed by atoms with E-state index >= 15 is 0 Å². The second-order valence-corrected chi connectivity index (χ2v) is 12.4. The van der Waals surface area contributed by atoms with Crippen molar-refractivity contribution in [2.24, 2.45) is 34.4 Å². The summed E-state index contributed by atoms with van der Waals surface area (Å²) in [6.07, 6.45) is -13.9. The zero-order chi connectivity index (χ0) is 31.2. The number of hydrogen-bond donors (Lipinski definition) is 11. The topological polar surface area (TPSA) is 322 Å². The molecule has 5 aliphatic rings. The van der Waals surface area contributed by atoms with E-state index in [2.05, 4.69) is 0 Å². The van der Waals surface area contributed by atoms with Crippen LogP contribution in [0.1, 0.15) is 19.3 Å². The third-order valence-electron chi connectivity index (χ3n) is 9.18. The van der Waals surface area contributed by atoms with Crippen LogP contribution >= 0.6 is 0 Å². The van der Waals surface area contributed by atoms with Crippen molar-refractivity contribution in [3.05, 3.63) is 0 Å². The Morgan fingerprint density at radius 3 is 1.95 bits per heavy atom. The van der Waals surface area contributed by atoms with Gasteiger partial charge in [-0.15, -0.1) is 0 Å². The van der Waals surface area contributed by atoms with Gasteiger partial charge in [-0.25, -0.2) is 0 Å². The molecule has 4 heterocycles. The summed E-state index contributed by atoms with van der Waals surface area (Å²) in [5, 5.41) is 52.7. The molecule has 0 aromatic rings. The van der Waals surface area contributed by atoms with Crippen LogP contribution in [0.3, 0.4) is 0 Å². The van der Waals surface area contributed by atoms with E-state index in [-0.39, 0.29) is 19.1 Å². The lowest BCUT2D eigenvalue weighted by Gasteiger charge is -2.49. The highest BCUT2D eigenvalue weighted by atomic mass is 16.8. The Labute approximate surface area is 248 Å². The number of rotatable bonds is 9. The SMILES string of the molecule is NCC1OC(OC2C(CO)OC(OC3C(O)C(N)CC(N)C3OC3OC(C4(N)COC4)CCC3N)C2O)C(N)C(O)C1O. The second-order valence-electron chi connectivity index (χ2n) is 12.4. The first-order chi connectivity index (χ1) is 20.4. The summed E-state index contributed by atoms with van der Waals surface area (Å²) >= 11 is 0. The molecule has 4 saturated heterocycles. The first-order valence-electron chi connectivity index (χ1n) is 14.7. The van der Waals surface area contributed by atoms with E-state index in [4.69, 9.17) is 67.6 Å². The molecule has 0 bridgehead atoms. The highest BCUT2D eigenvalue weighted by Gasteiger charge is 2.54. The van der Waals surface area contributed by atoms with Crippen molar-refractivity contribution in [2.75, 3.05) is 26.4 Å². The van der Waals surface area contributed by atoms with Gasteiger partial charge in [-0.05, 0) is 19.3 Å². The molecule has 5 fully saturated rings. The van der Waals surface area contributed by atoms with Gasteiger partial charge in [-0.3, -0.25) is 0 Å². The molecule has 250 valence electrons. The lowest BCUT2D eigenvalue weighted by Crippen LogP contribution is -2.69. The lowest BCUT2D eigenvalue weighted by molar-refractivity contribution is -0.299. The molecular weight excluding hydrogens is 576 g/mol. The third-order valence-corrected chi connectivity index (χ3v) is 9.18. The molecule has 18 heteroatoms. The number of hydrogen-bond acceptors (Lipinski definition) is 18. The fraction of sp³-hybridized carbons (Fsp3) is 1.00. The first-order valence-corrected chi connectivity index (χ1v) is 14.7. The lowest BCUT2D eigenvalue weighted by atomic mass is 9.84. The molecule has 18 nitrogen and oxygen atoms in total. The van der Waals surface area contributed by atoms with Gasteiger partial charge in [0.25, 0.3) is 0 Å². The predicted molar refractivity (Wildman–Crippen MR) is 144 cm³/mol. The third kappa shape index (κ3) is 6.59. The summed E-state index contributed by atoms with van der Waals surface area (Å²) in [5.41, 5.74) is 36.3. The van der Waals surface area contributed by atoms with Crippen molar-refractivity contribution in [3.8, 4) is 0 Å². The van der Waals surface area contributed by atoms with Crippen LogP contribution in [0.25, 0.3) is 0 Å². The van der Waals surface area contributed by atoms with Gasteiger partial charge in [0.1, 0.15) is 48.8 Å². The molecule has 1 saturated carbocycles. The van der Waals surface area contributed by atoms with Crippen LogP contribution in [0.2, 0.25) is 0 Å². The fourth-order valence-electron chi connectivity index (χ4n) is 6.36. The van der Waals surface area contributed by atoms with E-state index in [1.165, 1.54) is 0 Å². The average molecular weight is 625 g/mol. The van der Waals surface area contributed by atoms with E-state index in [9.17, 15) is 25.5 Å². The average Bonchev–Trinajstić information content (AvgIpc) is 3.26. The molecule has 1 aliphatic carbocycles. The van der Waals surface area contributed by atoms with Gasteiger partial charge < -0.3 is 93.1 Å². The van der Waals surface area contributed by atoms with Crippen molar-refractivity contribution in [1.29, 1.82) is 0 Å². The monoisotopic (exact) mass is 624 g/mol. The van der Waals surface area contributed by atoms with Gasteiger partial charge in [0.15, 0.2) is 18.9 Å². The van der Waals surface area contributed by atoms with Crippen LogP contribution in [0.4, 0.5) is 0 Å². The standard InChI is InChI=1S/C25H48N6O12/c26-4-11-16(34)17(35)14(30)23(38-11)42-20-12(5-32)39-24(18(20)36)43-21-15(33)9(28)3-10(29)19(21)41-22-8(27)1-2-13(40-22)25(31)6-37-7-25/h8-24,32-36H,1-7,26-31H2. The van der Waals surface area contributed by atoms with Crippen LogP contribution in [0, 0.1) is 0 Å². The summed E-state index contributed by atoms with van der Waals surface area (Å²) in [6.45, 7) is -0.0488. The van der Waals surface area contributed by atoms with Crippen LogP contribution in [0.15, 0.2) is 0 Å². The fourth-order valence-corrected chi connectivity index (χ4v) is 6.36. The van der Waals surface area contributed by atoms with Gasteiger partial charge >= 0.3 is 0 Å². The van der Waals surface area contributed by atoms with Crippen LogP contribution in [0.5, 0.6) is 0 Å². The van der Waals surface area contributed by atoms with Crippen molar-refractivity contribution >= 4 is 0 Å². The zero-order valence-electron chi connectivity index (χ0n) is 23.8. The van der Waals surface area contributed by atoms with Crippen LogP contribution in [-0.2, 0) is 33.2 Å². The smallest absolute Gasteiger partial charge is 0.187 e. The Kier molecular flexibility index (Phi) is 10.6. The van der Waals surface area contributed by atoms with E-state index in [1.54, 1.807) is 0 Å². The number of aliphatic hydroxyl groups is 5. The first kappa shape index (κ1) is 33.6. The van der Waals surface area contributed by atoms with Gasteiger partial charge in [0, 0.05) is 18.6 Å². The molecule has 0 aromatic carbocycles. The maximum Gasteiger partial charge on any atom is 0.187 e. The summed E-state index contributed by atoms with van der Waals surface area (Å²) in [4.78, 5) is 0. The molecule has 0 aromatic heterocycles. The largest absolute Gasteiger partial charge is 0.394 e. The summed E-state index contributed by atoms with van der Waals surface area (Å²) in [7, 11) is 0. The zero-order valence-corrected chi connectivity index (χ0v) is 23.8. The Morgan fingerprint density at radius 2 is 1.33 bits per heavy atom. The molecule has 17 N–H and O–H groups in total. The minimum atomic E-state index is -1.54. The maximum absolute atomic E-state index is 11.2. The highest BCUT2D eigenvalue weighted by Crippen LogP contribution is 2.35. The Hall–Kier alpha value is -0.720. The van der Waals surface area contributed by atoms with E-state index in [1.807, 2.05) is 0 Å². The van der Waals surface area contributed by atoms with Crippen LogP contribution in [-0.4, -0.2) is 162 Å². The summed E-state index contributed by atoms with van der Waals surface area (Å²) in [5.74, 6) is 0. The highest BCUT2D eigenvalue weighted by molar-refractivity contribution is 5.03. The van der Waals surface area contributed by atoms with Gasteiger partial charge in [0.05, 0.1) is 49.7 Å². The molecule has 0 amide bonds. The normalized spacial score (nSPS) is 52.1. The quantitative estimate of drug-likeness (QED) is 0.113. The van der Waals surface area contributed by atoms with Crippen LogP contribution < -0.4 is 34.4 Å². The Bertz CT molecular complexity index is 924. The minimum absolute atomic E-state index is 0.139. The molecule has 17 unspecified atom stereocenters. The minimum Gasteiger partial charge on any atom is -0.394 e. The van der Waals surface area contributed by atoms with Gasteiger partial charge in [0.2, 0.25) is 0 Å². The molecule has 0 radical (unpaired) electrons. The van der Waals surface area contributed by atoms with E-state index in [0.29, 0.717) is 26.1 Å². The number of nitrogens with two attached hydrogens (primary N) is 6. The summed E-state index contributed by atoms with van der Waals surface area (Å²) < 4.78 is 41.0. The number of ether oxygens (including phenoxy) is 7. The van der Waals surface area contributed by atoms with Crippen molar-refractivity contribution in [2.45, 2.75) is 129 Å². The molecular formula is C25H48N6O12. The van der Waals surface area contributed by atoms with Crippen molar-refractivity contribution in [3.63, 3.8) is 0 Å². The molecule has 5 rings (SSSR count). The maximum atomic E-state index is 11.2. The van der Waals surface area contributed by atoms with E-state index in [0.717, 1.165) is 0 Å². The van der Waals surface area contributed by atoms with Crippen molar-refractivity contribution < 1.29 is 58.7 Å². The Morgan fingerprint density at radius 1 is 0.674 bits per heavy atom. The molecule has 43 heavy (non-hydrogen) atoms. The Balaban J connectivity index is 1.29. The summed E-state index contributed by atoms with van der Waals surface area (Å²) in [6, 6.07) is -3.23. The predicted octanol–water partition coefficient (Wildman–Crippen LogP) is -7.07. The molecule has 0 spiro atoms. The van der Waals surface area contributed by atoms with Gasteiger partial charge in [-0.1, -0.05) is 0 Å². The van der Waals surface area contributed by atoms with Gasteiger partial charge in [-0.2, -0.15) is 0 Å². The molecule has 17 atom stereocenters. The van der Waals surface area contributed by atoms with Crippen molar-refractivity contribution in [1.82, 2.24) is 0 Å². The molecule has 4 aliphatic heterocycles. The number of aliphatic hydroxyl groups excluding tert-OH is 5. The second kappa shape index (κ2) is 13.6. The van der Waals surface area contributed by atoms with E-state index < -0.39 is 110 Å².